The maximum Gasteiger partial charge on any atom is 0.386 e. The smallest absolute Gasteiger partial charge is 0.386 e. The summed E-state index contributed by atoms with van der Waals surface area (Å²) in [4.78, 5) is 149. The molecule has 9 fully saturated rings. The molecule has 12 aromatic rings. The quantitative estimate of drug-likeness (QED) is 0.0722. The van der Waals surface area contributed by atoms with Crippen LogP contribution < -0.4 is 51.1 Å². The Bertz CT molecular complexity index is 6830. The number of aromatic amines is 3. The third-order valence-electron chi connectivity index (χ3n) is 22.1. The van der Waals surface area contributed by atoms with E-state index in [1.165, 1.54) is 91.5 Å². The van der Waals surface area contributed by atoms with E-state index < -0.39 is 231 Å². The van der Waals surface area contributed by atoms with Gasteiger partial charge in [-0.3, -0.25) is 83.9 Å². The van der Waals surface area contributed by atoms with Gasteiger partial charge in [0, 0.05) is 25.0 Å². The number of nitrogens with one attached hydrogen (secondary N) is 3. The largest absolute Gasteiger partial charge is 0.397 e. The van der Waals surface area contributed by atoms with Gasteiger partial charge in [0.25, 0.3) is 16.7 Å². The van der Waals surface area contributed by atoms with Crippen molar-refractivity contribution in [2.75, 3.05) is 74.0 Å². The van der Waals surface area contributed by atoms with Gasteiger partial charge in [-0.15, -0.1) is 0 Å². The summed E-state index contributed by atoms with van der Waals surface area (Å²) >= 11 is 30.2. The highest BCUT2D eigenvalue weighted by atomic mass is 32.7. The number of nitrogens with two attached hydrogens (primary N) is 6. The van der Waals surface area contributed by atoms with Gasteiger partial charge in [0.15, 0.2) is 93.9 Å². The van der Waals surface area contributed by atoms with Crippen LogP contribution in [0.3, 0.4) is 0 Å². The van der Waals surface area contributed by atoms with Gasteiger partial charge in [-0.05, 0) is 77.2 Å². The third-order valence-corrected chi connectivity index (χ3v) is 31.6. The number of hydrogen-bond donors (Lipinski definition) is 18. The maximum atomic E-state index is 16.0. The fourth-order valence-corrected chi connectivity index (χ4v) is 24.7. The van der Waals surface area contributed by atoms with E-state index in [4.69, 9.17) is 176 Å². The number of H-pyrrole nitrogens is 3. The lowest BCUT2D eigenvalue weighted by molar-refractivity contribution is -0.0602. The Labute approximate surface area is 774 Å². The van der Waals surface area contributed by atoms with Gasteiger partial charge >= 0.3 is 40.4 Å². The van der Waals surface area contributed by atoms with Crippen molar-refractivity contribution in [2.24, 2.45) is 0 Å². The molecule has 23 N–H and O–H groups in total. The number of alkyl halides is 2. The van der Waals surface area contributed by atoms with Crippen LogP contribution in [0, 0.1) is 0 Å². The van der Waals surface area contributed by atoms with E-state index in [2.05, 4.69) is 87.0 Å². The Balaban J connectivity index is 0.000000129. The fraction of sp³-hybridized carbons (Fsp3) is 0.476. The third kappa shape index (κ3) is 18.7. The molecule has 71 heteroatoms. The van der Waals surface area contributed by atoms with Crippen LogP contribution in [0.4, 0.5) is 43.7 Å². The number of aromatic nitrogens is 21. The van der Waals surface area contributed by atoms with Gasteiger partial charge in [0.1, 0.15) is 108 Å². The summed E-state index contributed by atoms with van der Waals surface area (Å²) in [5.41, 5.74) is 35.8. The minimum Gasteiger partial charge on any atom is -0.397 e. The standard InChI is InChI=1S/2C21H24FN9O10P2S2.C21H25N9O10P2S2/c2*22-10-14-9(39-19(10)30-5-26-11-7(23)1-2-25-16(11)30)4-37-43(35,45)41-15-13(32)8(3-36-42(34,44)40-14)38-20(15)31-6-27-12-17(31)28-21(24)29-18(12)33;22-8-1-2-24-17-13(8)25-6-29(17)12-3-9-10(37-12)4-35-42(34,44)40-16-15(31)11(5-36-41(33,43)39-9)38-20(16)30-7-26-14-18(30)27-21(23)28-19(14)32/h2*1-2,5-6,8-10,13-15,19-20,32H,3-4H2,(H2,23,25)(H,34,44)(H,35,45)(H3,24,28,29,33);1-2,6-7,9-12,15-16,20,31H,3-5H2,(H2,22,24)(H,33,43)(H,34,44)(H3,23,27,28,32)/t2*8-,9-,10?,13+,14+,15?,19-,20-,42?,43?;9-,10-,11-,12-,15+,16?,20-,41?,42?/m111/s1. The van der Waals surface area contributed by atoms with Gasteiger partial charge < -0.3 is 130 Å². The van der Waals surface area contributed by atoms with E-state index in [-0.39, 0.29) is 75.7 Å². The van der Waals surface area contributed by atoms with Crippen LogP contribution >= 0.6 is 52.6 Å². The number of halogens is 2. The molecule has 9 aliphatic rings. The van der Waals surface area contributed by atoms with E-state index in [1.54, 1.807) is 10.6 Å². The lowest BCUT2D eigenvalue weighted by Crippen LogP contribution is -2.35. The van der Waals surface area contributed by atoms with E-state index in [0.29, 0.717) is 39.3 Å². The predicted molar refractivity (Wildman–Crippen MR) is 473 cm³/mol. The fourth-order valence-electron chi connectivity index (χ4n) is 16.0. The molecule has 9 saturated heterocycles. The summed E-state index contributed by atoms with van der Waals surface area (Å²) in [5.74, 6) is -0.641. The molecule has 720 valence electrons. The number of ether oxygens (including phenoxy) is 6. The molecule has 57 nitrogen and oxygen atoms in total. The Morgan fingerprint density at radius 3 is 1.01 bits per heavy atom. The average molecular weight is 2100 g/mol. The summed E-state index contributed by atoms with van der Waals surface area (Å²) in [5, 5.41) is 33.4. The van der Waals surface area contributed by atoms with Crippen LogP contribution in [0.2, 0.25) is 0 Å². The summed E-state index contributed by atoms with van der Waals surface area (Å²) in [6, 6.07) is 4.67. The number of anilines is 6. The zero-order chi connectivity index (χ0) is 94.6. The zero-order valence-electron chi connectivity index (χ0n) is 67.2. The lowest BCUT2D eigenvalue weighted by Gasteiger charge is -2.27. The number of aliphatic hydroxyl groups excluding tert-OH is 3. The van der Waals surface area contributed by atoms with E-state index in [0.717, 1.165) is 0 Å². The lowest BCUT2D eigenvalue weighted by atomic mass is 10.1. The number of aliphatic hydroxyl groups is 3. The Kier molecular flexibility index (Phi) is 26.0. The van der Waals surface area contributed by atoms with Crippen LogP contribution in [0.15, 0.2) is 89.1 Å². The molecular formula is C63H73F2N27O30P6S6. The molecule has 0 saturated carbocycles. The van der Waals surface area contributed by atoms with Crippen LogP contribution in [-0.2, 0) is 146 Å². The van der Waals surface area contributed by atoms with Gasteiger partial charge in [0.05, 0.1) is 101 Å². The molecule has 0 amide bonds. The first kappa shape index (κ1) is 95.3. The van der Waals surface area contributed by atoms with Crippen molar-refractivity contribution in [3.05, 3.63) is 106 Å². The average Bonchev–Trinajstić information content (AvgIpc) is 1.61. The molecule has 0 aromatic carbocycles. The summed E-state index contributed by atoms with van der Waals surface area (Å²) < 4.78 is 157. The van der Waals surface area contributed by atoms with Gasteiger partial charge in [-0.1, -0.05) is 12.2 Å². The van der Waals surface area contributed by atoms with E-state index in [1.807, 2.05) is 0 Å². The molecule has 134 heavy (non-hydrogen) atoms. The molecule has 12 aromatic heterocycles. The highest BCUT2D eigenvalue weighted by Crippen LogP contribution is 2.61. The molecule has 9 aliphatic heterocycles. The number of imidazole rings is 6. The first-order chi connectivity index (χ1) is 63.5. The molecule has 21 rings (SSSR count). The van der Waals surface area contributed by atoms with Crippen LogP contribution in [0.25, 0.3) is 67.0 Å². The molecule has 0 spiro atoms. The van der Waals surface area contributed by atoms with Gasteiger partial charge in [0.2, 0.25) is 17.8 Å². The number of nitrogen functional groups attached to an aromatic ring is 6. The normalized spacial score (nSPS) is 37.3. The molecule has 0 aliphatic carbocycles. The van der Waals surface area contributed by atoms with Crippen molar-refractivity contribution in [1.82, 2.24) is 102 Å². The summed E-state index contributed by atoms with van der Waals surface area (Å²) in [7, 11) is 0. The summed E-state index contributed by atoms with van der Waals surface area (Å²) in [6.45, 7) is -28.5. The molecular weight excluding hydrogens is 2030 g/mol. The Morgan fingerprint density at radius 2 is 0.642 bits per heavy atom. The minimum absolute atomic E-state index is 0.0130. The number of thiol groups is 1. The van der Waals surface area contributed by atoms with Crippen LogP contribution in [0.1, 0.15) is 43.8 Å². The first-order valence-electron chi connectivity index (χ1n) is 39.1. The van der Waals surface area contributed by atoms with Crippen LogP contribution in [-0.4, -0.2) is 285 Å². The van der Waals surface area contributed by atoms with Crippen LogP contribution in [0.5, 0.6) is 0 Å². The SMILES string of the molecule is Nc1nc2c(ncn2[C@@H]2O[C@@H]3COP(=O)(S)O[C@@H]4C(F)[C@H](n5cnc6c(N)ccnc65)O[C@@H]4COP(O)(=S)OC2[C@H]3O)c(=O)[nH]1.Nc1nc2c(ncn2[C@@H]2O[C@@H]3COP(O)(=S)O[C@@H]4C(F)[C@H](n5cnc6c(N)ccnc65)O[C@@H]4COP(O)(=S)OC2[C@H]3O)c(=O)[nH]1.Nc1nc2c(ncn2[C@@H]2O[C@@H]3COP(O)(=S)O[C@@H]4C[C@H](n5cnc6c(N)ccnc65)O[C@@H]4COP(O)(=S)OC2[C@H]3O)c(=O)[nH]1. The second-order valence-corrected chi connectivity index (χ2v) is 47.5. The second kappa shape index (κ2) is 36.5. The number of fused-ring (bicyclic) bond motifs is 15. The van der Waals surface area contributed by atoms with Crippen molar-refractivity contribution in [3.63, 3.8) is 0 Å². The minimum atomic E-state index is -4.39. The topological polar surface area (TPSA) is 784 Å². The number of pyridine rings is 3. The highest BCUT2D eigenvalue weighted by Gasteiger charge is 2.58. The van der Waals surface area contributed by atoms with E-state index in [9.17, 15) is 58.7 Å². The van der Waals surface area contributed by atoms with Crippen molar-refractivity contribution >= 4 is 214 Å². The predicted octanol–water partition coefficient (Wildman–Crippen LogP) is -0.706. The second-order valence-electron chi connectivity index (χ2n) is 30.6. The highest BCUT2D eigenvalue weighted by molar-refractivity contribution is 8.44. The summed E-state index contributed by atoms with van der Waals surface area (Å²) in [6.07, 6.45) is -19.5. The number of nitrogens with zero attached hydrogens (tertiary/aromatic N) is 18. The Morgan fingerprint density at radius 1 is 0.358 bits per heavy atom. The van der Waals surface area contributed by atoms with Gasteiger partial charge in [-0.2, -0.15) is 15.0 Å². The van der Waals surface area contributed by atoms with Crippen molar-refractivity contribution in [1.29, 1.82) is 0 Å². The molecule has 11 unspecified atom stereocenters. The first-order valence-corrected chi connectivity index (χ1v) is 54.7. The number of rotatable bonds is 6. The molecule has 0 radical (unpaired) electrons. The monoisotopic (exact) mass is 2100 g/mol. The molecule has 29 atom stereocenters. The zero-order valence-corrected chi connectivity index (χ0v) is 77.5. The maximum absolute atomic E-state index is 16.0. The van der Waals surface area contributed by atoms with E-state index >= 15 is 8.78 Å². The Hall–Kier alpha value is -7.64. The van der Waals surface area contributed by atoms with Crippen molar-refractivity contribution in [3.8, 4) is 0 Å². The van der Waals surface area contributed by atoms with Crippen molar-refractivity contribution < 1.29 is 136 Å². The molecule has 6 bridgehead atoms. The number of hydrogen-bond acceptors (Lipinski definition) is 48. The van der Waals surface area contributed by atoms with Crippen molar-refractivity contribution in [2.45, 2.75) is 148 Å². The van der Waals surface area contributed by atoms with Gasteiger partial charge in [-0.25, -0.2) is 58.2 Å². The molecule has 21 heterocycles.